The van der Waals surface area contributed by atoms with Crippen LogP contribution in [0.4, 0.5) is 0 Å². The normalized spacial score (nSPS) is 14.3. The van der Waals surface area contributed by atoms with Crippen LogP contribution >= 0.6 is 15.6 Å². The Labute approximate surface area is 530 Å². The summed E-state index contributed by atoms with van der Waals surface area (Å²) in [7, 11) is -9.89. The summed E-state index contributed by atoms with van der Waals surface area (Å²) in [5, 5.41) is 10.5. The van der Waals surface area contributed by atoms with E-state index in [0.717, 1.165) is 115 Å². The van der Waals surface area contributed by atoms with Gasteiger partial charge in [-0.15, -0.1) is 0 Å². The first-order valence-electron chi connectivity index (χ1n) is 35.3. The Morgan fingerprint density at radius 1 is 0.310 bits per heavy atom. The van der Waals surface area contributed by atoms with Crippen LogP contribution in [0.2, 0.25) is 0 Å². The molecule has 87 heavy (non-hydrogen) atoms. The fourth-order valence-electron chi connectivity index (χ4n) is 10.2. The number of aliphatic hydroxyl groups is 1. The van der Waals surface area contributed by atoms with Gasteiger partial charge in [0, 0.05) is 25.7 Å². The minimum Gasteiger partial charge on any atom is -0.462 e. The summed E-state index contributed by atoms with van der Waals surface area (Å²) in [5.74, 6) is 0.0842. The van der Waals surface area contributed by atoms with E-state index in [1.165, 1.54) is 135 Å². The number of aliphatic hydroxyl groups excluding tert-OH is 1. The summed E-state index contributed by atoms with van der Waals surface area (Å²) in [6.45, 7) is 11.7. The van der Waals surface area contributed by atoms with Gasteiger partial charge in [-0.05, 0) is 43.4 Å². The van der Waals surface area contributed by atoms with Crippen molar-refractivity contribution in [1.82, 2.24) is 0 Å². The van der Waals surface area contributed by atoms with Crippen molar-refractivity contribution in [1.29, 1.82) is 0 Å². The van der Waals surface area contributed by atoms with E-state index >= 15 is 0 Å². The minimum atomic E-state index is -4.95. The highest BCUT2D eigenvalue weighted by atomic mass is 31.2. The van der Waals surface area contributed by atoms with E-state index in [4.69, 9.17) is 37.0 Å². The van der Waals surface area contributed by atoms with Crippen molar-refractivity contribution < 1.29 is 80.2 Å². The number of esters is 4. The maximum atomic E-state index is 13.0. The van der Waals surface area contributed by atoms with Crippen LogP contribution in [0.1, 0.15) is 337 Å². The second kappa shape index (κ2) is 59.1. The molecule has 0 aliphatic heterocycles. The molecule has 516 valence electrons. The first kappa shape index (κ1) is 85.1. The first-order chi connectivity index (χ1) is 41.7. The SMILES string of the molecule is CCCCCCCCCC(=O)OC[C@H](COP(=O)(O)OC[C@H](O)COP(=O)(O)OC[C@@H](COC(=O)CCCCCCCCCCCC(C)C)OC(=O)CCCCCCCCCCCCCCCCCCC(C)C)OC(=O)CCCCCCCCC(C)C. The molecule has 0 amide bonds. The van der Waals surface area contributed by atoms with Gasteiger partial charge in [-0.2, -0.15) is 0 Å². The number of unbranched alkanes of at least 4 members (excludes halogenated alkanes) is 34. The van der Waals surface area contributed by atoms with Crippen LogP contribution in [0, 0.1) is 17.8 Å². The Morgan fingerprint density at radius 3 is 0.782 bits per heavy atom. The van der Waals surface area contributed by atoms with Gasteiger partial charge in [0.25, 0.3) is 0 Å². The van der Waals surface area contributed by atoms with Crippen molar-refractivity contribution in [2.24, 2.45) is 17.8 Å². The van der Waals surface area contributed by atoms with Gasteiger partial charge in [0.15, 0.2) is 12.2 Å². The van der Waals surface area contributed by atoms with E-state index in [1.54, 1.807) is 0 Å². The zero-order chi connectivity index (χ0) is 64.5. The van der Waals surface area contributed by atoms with Gasteiger partial charge >= 0.3 is 39.5 Å². The monoisotopic (exact) mass is 1280 g/mol. The van der Waals surface area contributed by atoms with Gasteiger partial charge in [-0.25, -0.2) is 9.13 Å². The van der Waals surface area contributed by atoms with Crippen molar-refractivity contribution in [3.8, 4) is 0 Å². The number of hydrogen-bond donors (Lipinski definition) is 3. The molecule has 0 aromatic carbocycles. The molecule has 0 aliphatic rings. The lowest BCUT2D eigenvalue weighted by Gasteiger charge is -2.21. The molecule has 5 atom stereocenters. The van der Waals surface area contributed by atoms with Gasteiger partial charge in [-0.3, -0.25) is 37.3 Å². The Hall–Kier alpha value is -1.94. The Kier molecular flexibility index (Phi) is 57.8. The molecule has 2 unspecified atom stereocenters. The zero-order valence-corrected chi connectivity index (χ0v) is 58.3. The summed E-state index contributed by atoms with van der Waals surface area (Å²) in [6, 6.07) is 0. The molecule has 19 heteroatoms. The van der Waals surface area contributed by atoms with E-state index in [-0.39, 0.29) is 25.7 Å². The molecular formula is C68H132O17P2. The summed E-state index contributed by atoms with van der Waals surface area (Å²) in [4.78, 5) is 72.2. The average Bonchev–Trinajstić information content (AvgIpc) is 3.63. The van der Waals surface area contributed by atoms with E-state index in [9.17, 15) is 43.2 Å². The van der Waals surface area contributed by atoms with Gasteiger partial charge in [0.2, 0.25) is 0 Å². The molecule has 0 aromatic heterocycles. The highest BCUT2D eigenvalue weighted by Crippen LogP contribution is 2.45. The fourth-order valence-corrected chi connectivity index (χ4v) is 11.8. The van der Waals surface area contributed by atoms with E-state index in [2.05, 4.69) is 48.5 Å². The average molecular weight is 1280 g/mol. The summed E-state index contributed by atoms with van der Waals surface area (Å²) in [5.41, 5.74) is 0. The van der Waals surface area contributed by atoms with Gasteiger partial charge < -0.3 is 33.8 Å². The van der Waals surface area contributed by atoms with E-state index in [0.29, 0.717) is 31.6 Å². The molecule has 3 N–H and O–H groups in total. The molecule has 0 aromatic rings. The lowest BCUT2D eigenvalue weighted by atomic mass is 10.0. The Balaban J connectivity index is 5.17. The molecule has 0 heterocycles. The smallest absolute Gasteiger partial charge is 0.462 e. The summed E-state index contributed by atoms with van der Waals surface area (Å²) in [6.07, 6.45) is 42.1. The van der Waals surface area contributed by atoms with Crippen molar-refractivity contribution in [2.45, 2.75) is 356 Å². The number of ether oxygens (including phenoxy) is 4. The van der Waals surface area contributed by atoms with Crippen molar-refractivity contribution >= 4 is 39.5 Å². The summed E-state index contributed by atoms with van der Waals surface area (Å²) < 4.78 is 68.0. The van der Waals surface area contributed by atoms with Crippen LogP contribution in [-0.4, -0.2) is 96.7 Å². The highest BCUT2D eigenvalue weighted by Gasteiger charge is 2.30. The van der Waals surface area contributed by atoms with E-state index < -0.39 is 97.5 Å². The number of phosphoric acid groups is 2. The van der Waals surface area contributed by atoms with Gasteiger partial charge in [0.1, 0.15) is 19.3 Å². The number of carbonyl (C=O) groups is 4. The van der Waals surface area contributed by atoms with Crippen LogP contribution in [0.3, 0.4) is 0 Å². The number of rotatable bonds is 66. The lowest BCUT2D eigenvalue weighted by molar-refractivity contribution is -0.161. The van der Waals surface area contributed by atoms with Crippen LogP contribution in [0.15, 0.2) is 0 Å². The largest absolute Gasteiger partial charge is 0.472 e. The predicted octanol–water partition coefficient (Wildman–Crippen LogP) is 19.1. The quantitative estimate of drug-likeness (QED) is 0.0222. The molecule has 0 fully saturated rings. The third kappa shape index (κ3) is 62.6. The molecule has 0 rings (SSSR count). The van der Waals surface area contributed by atoms with Gasteiger partial charge in [-0.1, -0.05) is 286 Å². The maximum absolute atomic E-state index is 13.0. The number of hydrogen-bond acceptors (Lipinski definition) is 15. The topological polar surface area (TPSA) is 237 Å². The standard InChI is InChI=1S/C68H132O17P2/c1-8-9-10-11-25-35-42-49-65(70)78-55-64(85-68(73)52-45-38-31-30-34-41-48-61(6)7)58-83-87(76,77)81-54-62(69)53-80-86(74,75)82-57-63(56-79-66(71)50-43-36-28-24-20-22-27-33-40-47-60(4)5)84-67(72)51-44-37-29-23-19-17-15-13-12-14-16-18-21-26-32-39-46-59(2)3/h59-64,69H,8-58H2,1-7H3,(H,74,75)(H,76,77)/t62-,63-,64-/m1/s1. The van der Waals surface area contributed by atoms with Crippen molar-refractivity contribution in [3.63, 3.8) is 0 Å². The first-order valence-corrected chi connectivity index (χ1v) is 38.3. The third-order valence-corrected chi connectivity index (χ3v) is 17.5. The molecule has 17 nitrogen and oxygen atoms in total. The molecule has 0 bridgehead atoms. The van der Waals surface area contributed by atoms with Crippen LogP contribution in [0.25, 0.3) is 0 Å². The lowest BCUT2D eigenvalue weighted by Crippen LogP contribution is -2.30. The molecule has 0 saturated carbocycles. The number of phosphoric ester groups is 2. The second-order valence-corrected chi connectivity index (χ2v) is 28.9. The second-order valence-electron chi connectivity index (χ2n) is 26.0. The van der Waals surface area contributed by atoms with Crippen LogP contribution < -0.4 is 0 Å². The van der Waals surface area contributed by atoms with Crippen LogP contribution in [0.5, 0.6) is 0 Å². The zero-order valence-electron chi connectivity index (χ0n) is 56.5. The molecule has 0 saturated heterocycles. The Bertz CT molecular complexity index is 1720. The van der Waals surface area contributed by atoms with Gasteiger partial charge in [0.05, 0.1) is 26.4 Å². The summed E-state index contributed by atoms with van der Waals surface area (Å²) >= 11 is 0. The fraction of sp³-hybridized carbons (Fsp3) is 0.941. The molecule has 0 aliphatic carbocycles. The minimum absolute atomic E-state index is 0.101. The number of carbonyl (C=O) groups excluding carboxylic acids is 4. The highest BCUT2D eigenvalue weighted by molar-refractivity contribution is 7.47. The third-order valence-electron chi connectivity index (χ3n) is 15.6. The molecular weight excluding hydrogens is 1150 g/mol. The Morgan fingerprint density at radius 2 is 0.529 bits per heavy atom. The molecule has 0 spiro atoms. The molecule has 0 radical (unpaired) electrons. The predicted molar refractivity (Wildman–Crippen MR) is 349 cm³/mol. The maximum Gasteiger partial charge on any atom is 0.472 e. The van der Waals surface area contributed by atoms with E-state index in [1.807, 2.05) is 0 Å². The van der Waals surface area contributed by atoms with Crippen molar-refractivity contribution in [2.75, 3.05) is 39.6 Å². The van der Waals surface area contributed by atoms with Crippen LogP contribution in [-0.2, 0) is 65.4 Å². The van der Waals surface area contributed by atoms with Crippen molar-refractivity contribution in [3.05, 3.63) is 0 Å².